The number of aromatic nitrogens is 2. The van der Waals surface area contributed by atoms with Crippen molar-refractivity contribution in [3.8, 4) is 6.07 Å². The maximum absolute atomic E-state index is 11.0. The van der Waals surface area contributed by atoms with Gasteiger partial charge in [-0.3, -0.25) is 0 Å². The molecule has 1 heterocycles. The molecule has 0 aliphatic carbocycles. The molecule has 0 saturated carbocycles. The van der Waals surface area contributed by atoms with Crippen molar-refractivity contribution < 1.29 is 9.90 Å². The summed E-state index contributed by atoms with van der Waals surface area (Å²) in [5.74, 6) is -0.213. The standard InChI is InChI=1S/C17H14N4O2/c1-21-15-7-6-11(17(22)23)8-14(15)20-16(21)10-19-13-5-3-2-4-12(13)9-18/h2-8,19H,10H2,1H3,(H,22,23). The fraction of sp³-hybridized carbons (Fsp3) is 0.118. The summed E-state index contributed by atoms with van der Waals surface area (Å²) in [6, 6.07) is 14.3. The molecule has 0 fully saturated rings. The van der Waals surface area contributed by atoms with Crippen molar-refractivity contribution >= 4 is 22.7 Å². The number of carboxylic acid groups (broad SMARTS) is 1. The molecule has 0 radical (unpaired) electrons. The Morgan fingerprint density at radius 2 is 2.13 bits per heavy atom. The number of nitrogens with zero attached hydrogens (tertiary/aromatic N) is 3. The van der Waals surface area contributed by atoms with E-state index in [0.29, 0.717) is 17.6 Å². The molecule has 1 aromatic heterocycles. The highest BCUT2D eigenvalue weighted by Gasteiger charge is 2.11. The minimum absolute atomic E-state index is 0.213. The Kier molecular flexibility index (Phi) is 3.69. The number of imidazole rings is 1. The third-order valence-corrected chi connectivity index (χ3v) is 3.70. The molecule has 0 aliphatic heterocycles. The molecule has 6 heteroatoms. The Morgan fingerprint density at radius 1 is 1.35 bits per heavy atom. The van der Waals surface area contributed by atoms with Crippen LogP contribution in [0, 0.1) is 11.3 Å². The molecule has 2 aromatic carbocycles. The van der Waals surface area contributed by atoms with Crippen molar-refractivity contribution in [1.29, 1.82) is 5.26 Å². The van der Waals surface area contributed by atoms with E-state index >= 15 is 0 Å². The van der Waals surface area contributed by atoms with Gasteiger partial charge >= 0.3 is 5.97 Å². The van der Waals surface area contributed by atoms with Gasteiger partial charge in [0.2, 0.25) is 0 Å². The molecule has 6 nitrogen and oxygen atoms in total. The molecular weight excluding hydrogens is 292 g/mol. The Bertz CT molecular complexity index is 937. The van der Waals surface area contributed by atoms with Gasteiger partial charge in [-0.25, -0.2) is 9.78 Å². The van der Waals surface area contributed by atoms with Crippen molar-refractivity contribution in [2.75, 3.05) is 5.32 Å². The molecule has 0 amide bonds. The molecule has 0 aliphatic rings. The molecule has 23 heavy (non-hydrogen) atoms. The van der Waals surface area contributed by atoms with Crippen LogP contribution < -0.4 is 5.32 Å². The van der Waals surface area contributed by atoms with Gasteiger partial charge in [0.25, 0.3) is 0 Å². The first-order valence-electron chi connectivity index (χ1n) is 7.02. The maximum atomic E-state index is 11.0. The number of para-hydroxylation sites is 1. The van der Waals surface area contributed by atoms with E-state index in [0.717, 1.165) is 17.0 Å². The van der Waals surface area contributed by atoms with Gasteiger partial charge < -0.3 is 15.0 Å². The van der Waals surface area contributed by atoms with Gasteiger partial charge in [-0.05, 0) is 30.3 Å². The zero-order valence-corrected chi connectivity index (χ0v) is 12.4. The Morgan fingerprint density at radius 3 is 2.87 bits per heavy atom. The average Bonchev–Trinajstić information content (AvgIpc) is 2.88. The summed E-state index contributed by atoms with van der Waals surface area (Å²) < 4.78 is 1.91. The monoisotopic (exact) mass is 306 g/mol. The highest BCUT2D eigenvalue weighted by atomic mass is 16.4. The van der Waals surface area contributed by atoms with Gasteiger partial charge in [0, 0.05) is 7.05 Å². The van der Waals surface area contributed by atoms with Crippen LogP contribution in [0.2, 0.25) is 0 Å². The lowest BCUT2D eigenvalue weighted by Gasteiger charge is -2.08. The van der Waals surface area contributed by atoms with E-state index in [1.54, 1.807) is 24.3 Å². The second-order valence-electron chi connectivity index (χ2n) is 5.11. The summed E-state index contributed by atoms with van der Waals surface area (Å²) in [6.07, 6.45) is 0. The molecule has 0 spiro atoms. The van der Waals surface area contributed by atoms with Crippen LogP contribution in [0.3, 0.4) is 0 Å². The highest BCUT2D eigenvalue weighted by molar-refractivity contribution is 5.92. The number of benzene rings is 2. The van der Waals surface area contributed by atoms with Crippen LogP contribution in [0.1, 0.15) is 21.7 Å². The first-order chi connectivity index (χ1) is 11.1. The van der Waals surface area contributed by atoms with E-state index in [9.17, 15) is 4.79 Å². The normalized spacial score (nSPS) is 10.4. The topological polar surface area (TPSA) is 90.9 Å². The second kappa shape index (κ2) is 5.81. The number of carbonyl (C=O) groups is 1. The number of aryl methyl sites for hydroxylation is 1. The van der Waals surface area contributed by atoms with Gasteiger partial charge in [0.1, 0.15) is 11.9 Å². The fourth-order valence-electron chi connectivity index (χ4n) is 2.45. The van der Waals surface area contributed by atoms with Gasteiger partial charge in [0.05, 0.1) is 34.4 Å². The third kappa shape index (κ3) is 2.72. The van der Waals surface area contributed by atoms with Crippen molar-refractivity contribution in [2.24, 2.45) is 7.05 Å². The van der Waals surface area contributed by atoms with Gasteiger partial charge in [-0.2, -0.15) is 5.26 Å². The number of hydrogen-bond donors (Lipinski definition) is 2. The smallest absolute Gasteiger partial charge is 0.335 e. The predicted octanol–water partition coefficient (Wildman–Crippen LogP) is 2.76. The van der Waals surface area contributed by atoms with Gasteiger partial charge in [-0.15, -0.1) is 0 Å². The van der Waals surface area contributed by atoms with Crippen molar-refractivity contribution in [3.63, 3.8) is 0 Å². The first kappa shape index (κ1) is 14.6. The zero-order chi connectivity index (χ0) is 16.4. The molecule has 0 saturated heterocycles. The number of rotatable bonds is 4. The van der Waals surface area contributed by atoms with Crippen LogP contribution in [0.25, 0.3) is 11.0 Å². The minimum atomic E-state index is -0.972. The summed E-state index contributed by atoms with van der Waals surface area (Å²) in [5, 5.41) is 21.4. The van der Waals surface area contributed by atoms with E-state index in [-0.39, 0.29) is 5.56 Å². The minimum Gasteiger partial charge on any atom is -0.478 e. The lowest BCUT2D eigenvalue weighted by atomic mass is 10.2. The molecular formula is C17H14N4O2. The lowest BCUT2D eigenvalue weighted by molar-refractivity contribution is 0.0697. The number of nitrogens with one attached hydrogen (secondary N) is 1. The Hall–Kier alpha value is -3.33. The Balaban J connectivity index is 1.90. The zero-order valence-electron chi connectivity index (χ0n) is 12.4. The van der Waals surface area contributed by atoms with Crippen molar-refractivity contribution in [2.45, 2.75) is 6.54 Å². The quantitative estimate of drug-likeness (QED) is 0.773. The summed E-state index contributed by atoms with van der Waals surface area (Å²) in [7, 11) is 1.88. The van der Waals surface area contributed by atoms with E-state index in [2.05, 4.69) is 16.4 Å². The average molecular weight is 306 g/mol. The van der Waals surface area contributed by atoms with Crippen LogP contribution >= 0.6 is 0 Å². The van der Waals surface area contributed by atoms with Gasteiger partial charge in [-0.1, -0.05) is 12.1 Å². The first-order valence-corrected chi connectivity index (χ1v) is 7.02. The number of carboxylic acids is 1. The SMILES string of the molecule is Cn1c(CNc2ccccc2C#N)nc2cc(C(=O)O)ccc21. The molecule has 0 bridgehead atoms. The predicted molar refractivity (Wildman–Crippen MR) is 86.2 cm³/mol. The van der Waals surface area contributed by atoms with Crippen LogP contribution in [0.5, 0.6) is 0 Å². The molecule has 0 unspecified atom stereocenters. The van der Waals surface area contributed by atoms with Crippen LogP contribution in [-0.2, 0) is 13.6 Å². The molecule has 3 aromatic rings. The molecule has 114 valence electrons. The van der Waals surface area contributed by atoms with Crippen molar-refractivity contribution in [3.05, 3.63) is 59.4 Å². The van der Waals surface area contributed by atoms with E-state index in [4.69, 9.17) is 10.4 Å². The van der Waals surface area contributed by atoms with E-state index in [1.165, 1.54) is 0 Å². The molecule has 0 atom stereocenters. The third-order valence-electron chi connectivity index (χ3n) is 3.70. The highest BCUT2D eigenvalue weighted by Crippen LogP contribution is 2.19. The summed E-state index contributed by atoms with van der Waals surface area (Å²) >= 11 is 0. The lowest BCUT2D eigenvalue weighted by Crippen LogP contribution is -2.06. The van der Waals surface area contributed by atoms with E-state index in [1.807, 2.05) is 29.8 Å². The van der Waals surface area contributed by atoms with Gasteiger partial charge in [0.15, 0.2) is 0 Å². The van der Waals surface area contributed by atoms with Crippen LogP contribution in [0.15, 0.2) is 42.5 Å². The largest absolute Gasteiger partial charge is 0.478 e. The number of nitriles is 1. The number of anilines is 1. The Labute approximate surface area is 132 Å². The fourth-order valence-corrected chi connectivity index (χ4v) is 2.45. The second-order valence-corrected chi connectivity index (χ2v) is 5.11. The number of fused-ring (bicyclic) bond motifs is 1. The number of aromatic carboxylic acids is 1. The van der Waals surface area contributed by atoms with Crippen LogP contribution in [-0.4, -0.2) is 20.6 Å². The molecule has 2 N–H and O–H groups in total. The maximum Gasteiger partial charge on any atom is 0.335 e. The summed E-state index contributed by atoms with van der Waals surface area (Å²) in [6.45, 7) is 0.437. The van der Waals surface area contributed by atoms with Crippen LogP contribution in [0.4, 0.5) is 5.69 Å². The van der Waals surface area contributed by atoms with E-state index < -0.39 is 5.97 Å². The van der Waals surface area contributed by atoms with Crippen molar-refractivity contribution in [1.82, 2.24) is 9.55 Å². The summed E-state index contributed by atoms with van der Waals surface area (Å²) in [5.41, 5.74) is 3.02. The number of hydrogen-bond acceptors (Lipinski definition) is 4. The molecule has 3 rings (SSSR count). The summed E-state index contributed by atoms with van der Waals surface area (Å²) in [4.78, 5) is 15.5.